The summed E-state index contributed by atoms with van der Waals surface area (Å²) in [5.74, 6) is 2.37. The molecule has 0 amide bonds. The summed E-state index contributed by atoms with van der Waals surface area (Å²) in [6.07, 6.45) is 35.9. The standard InChI is InChI=1S/C26H20.C11H9.C7H7.C7H8.C6H6.Sr/c1-18-22-11-5-7-13-24(22)26(25-14-8-6-12-23(18)25)21-16-15-19-9-3-2-4-10-20(19)17-21;1-9-6-7-10-4-2-3-5-11(10)8-9;1-2-4-6-7-5-3-1;1-3-5-7-6-4-2;1-2-4-6-5-3-1;/h2-8,10-17H,9H2,1H3;3-8H,1H3;1-3,6-7H,4H2;1,4-7H,2H3;1-6H;/q;2*-1;;;+2/b;;;6-4-,7-5-;;. The van der Waals surface area contributed by atoms with Gasteiger partial charge in [0.15, 0.2) is 0 Å². The van der Waals surface area contributed by atoms with Crippen molar-refractivity contribution in [2.75, 3.05) is 0 Å². The second-order valence-corrected chi connectivity index (χ2v) is 13.4. The number of fused-ring (bicyclic) bond motifs is 4. The second kappa shape index (κ2) is 25.7. The fraction of sp³-hybridized carbons (Fsp3) is 0.0877. The van der Waals surface area contributed by atoms with E-state index < -0.39 is 0 Å². The van der Waals surface area contributed by atoms with E-state index in [0.29, 0.717) is 0 Å². The first-order valence-electron chi connectivity index (χ1n) is 19.5. The molecule has 0 radical (unpaired) electrons. The Kier molecular flexibility index (Phi) is 20.1. The molecule has 280 valence electrons. The summed E-state index contributed by atoms with van der Waals surface area (Å²) in [6, 6.07) is 52.0. The van der Waals surface area contributed by atoms with Crippen LogP contribution in [0.15, 0.2) is 212 Å². The van der Waals surface area contributed by atoms with Crippen LogP contribution in [0.4, 0.5) is 0 Å². The topological polar surface area (TPSA) is 0 Å². The van der Waals surface area contributed by atoms with Crippen LogP contribution in [0.25, 0.3) is 49.5 Å². The van der Waals surface area contributed by atoms with Gasteiger partial charge in [-0.15, -0.1) is 29.3 Å². The number of aryl methyl sites for hydroxylation is 2. The van der Waals surface area contributed by atoms with Crippen LogP contribution >= 0.6 is 0 Å². The Hall–Kier alpha value is -5.46. The third-order valence-corrected chi connectivity index (χ3v) is 9.31. The fourth-order valence-electron chi connectivity index (χ4n) is 6.51. The van der Waals surface area contributed by atoms with Gasteiger partial charge in [0.2, 0.25) is 0 Å². The molecule has 0 aromatic heterocycles. The average Bonchev–Trinajstić information content (AvgIpc) is 3.72. The van der Waals surface area contributed by atoms with Crippen molar-refractivity contribution in [2.24, 2.45) is 0 Å². The van der Waals surface area contributed by atoms with Crippen molar-refractivity contribution in [3.63, 3.8) is 0 Å². The van der Waals surface area contributed by atoms with Crippen LogP contribution in [0.3, 0.4) is 0 Å². The van der Waals surface area contributed by atoms with E-state index in [2.05, 4.69) is 159 Å². The van der Waals surface area contributed by atoms with Gasteiger partial charge in [0.05, 0.1) is 0 Å². The van der Waals surface area contributed by atoms with E-state index in [-0.39, 0.29) is 45.5 Å². The maximum absolute atomic E-state index is 4.90. The van der Waals surface area contributed by atoms with Gasteiger partial charge in [-0.3, -0.25) is 0 Å². The predicted octanol–water partition coefficient (Wildman–Crippen LogP) is 15.0. The zero-order valence-electron chi connectivity index (χ0n) is 34.0. The van der Waals surface area contributed by atoms with Crippen LogP contribution in [0.1, 0.15) is 35.6 Å². The van der Waals surface area contributed by atoms with Crippen LogP contribution < -0.4 is 0 Å². The Labute approximate surface area is 384 Å². The van der Waals surface area contributed by atoms with Crippen molar-refractivity contribution < 1.29 is 0 Å². The molecule has 0 saturated heterocycles. The van der Waals surface area contributed by atoms with Gasteiger partial charge in [-0.2, -0.15) is 54.6 Å². The largest absolute Gasteiger partial charge is 2.00 e. The normalized spacial score (nSPS) is 12.0. The minimum absolute atomic E-state index is 0. The number of hydrogen-bond acceptors (Lipinski definition) is 0. The van der Waals surface area contributed by atoms with Crippen LogP contribution in [0.5, 0.6) is 0 Å². The van der Waals surface area contributed by atoms with E-state index in [4.69, 9.17) is 6.42 Å². The van der Waals surface area contributed by atoms with Gasteiger partial charge < -0.3 is 0 Å². The monoisotopic (exact) mass is 822 g/mol. The third-order valence-electron chi connectivity index (χ3n) is 9.31. The minimum atomic E-state index is 0. The molecule has 0 N–H and O–H groups in total. The van der Waals surface area contributed by atoms with Crippen molar-refractivity contribution in [2.45, 2.75) is 33.6 Å². The predicted molar refractivity (Wildman–Crippen MR) is 257 cm³/mol. The molecule has 0 spiro atoms. The van der Waals surface area contributed by atoms with Crippen molar-refractivity contribution in [3.8, 4) is 23.5 Å². The molecule has 2 aliphatic rings. The molecule has 0 aliphatic heterocycles. The van der Waals surface area contributed by atoms with Crippen molar-refractivity contribution in [1.82, 2.24) is 0 Å². The van der Waals surface area contributed by atoms with E-state index in [1.165, 1.54) is 65.7 Å². The van der Waals surface area contributed by atoms with Gasteiger partial charge in [-0.1, -0.05) is 170 Å². The van der Waals surface area contributed by atoms with Gasteiger partial charge in [-0.05, 0) is 88.7 Å². The van der Waals surface area contributed by atoms with Crippen LogP contribution in [0.2, 0.25) is 0 Å². The van der Waals surface area contributed by atoms with Crippen molar-refractivity contribution >= 4 is 83.9 Å². The number of terminal acetylenes is 1. The Morgan fingerprint density at radius 3 is 2.02 bits per heavy atom. The first kappa shape index (κ1) is 45.2. The Balaban J connectivity index is 0.000000191. The van der Waals surface area contributed by atoms with Gasteiger partial charge in [-0.25, -0.2) is 0 Å². The molecule has 9 rings (SSSR count). The second-order valence-electron chi connectivity index (χ2n) is 13.4. The summed E-state index contributed by atoms with van der Waals surface area (Å²) in [5, 5.41) is 7.90. The van der Waals surface area contributed by atoms with E-state index in [1.807, 2.05) is 91.9 Å². The average molecular weight is 823 g/mol. The quantitative estimate of drug-likeness (QED) is 0.0536. The number of rotatable bonds is 2. The molecule has 0 fully saturated rings. The maximum atomic E-state index is 4.90. The summed E-state index contributed by atoms with van der Waals surface area (Å²) in [4.78, 5) is 0. The molecule has 0 saturated carbocycles. The Morgan fingerprint density at radius 1 is 0.655 bits per heavy atom. The zero-order chi connectivity index (χ0) is 39.9. The van der Waals surface area contributed by atoms with Crippen LogP contribution in [0, 0.1) is 38.3 Å². The van der Waals surface area contributed by atoms with Crippen molar-refractivity contribution in [3.05, 3.63) is 247 Å². The van der Waals surface area contributed by atoms with Gasteiger partial charge >= 0.3 is 45.5 Å². The Morgan fingerprint density at radius 2 is 1.34 bits per heavy atom. The summed E-state index contributed by atoms with van der Waals surface area (Å²) in [7, 11) is 0. The molecule has 58 heavy (non-hydrogen) atoms. The summed E-state index contributed by atoms with van der Waals surface area (Å²) in [6.45, 7) is 6.29. The first-order chi connectivity index (χ1) is 28.1. The van der Waals surface area contributed by atoms with Gasteiger partial charge in [0.1, 0.15) is 0 Å². The van der Waals surface area contributed by atoms with Crippen molar-refractivity contribution in [1.29, 1.82) is 0 Å². The fourth-order valence-corrected chi connectivity index (χ4v) is 6.51. The molecule has 7 aromatic rings. The molecule has 0 bridgehead atoms. The molecule has 0 heterocycles. The van der Waals surface area contributed by atoms with Gasteiger partial charge in [0, 0.05) is 0 Å². The first-order valence-corrected chi connectivity index (χ1v) is 19.5. The molecular weight excluding hydrogens is 772 g/mol. The molecular formula is C57H50Sr. The van der Waals surface area contributed by atoms with E-state index >= 15 is 0 Å². The molecule has 1 heteroatoms. The molecule has 7 aromatic carbocycles. The minimum Gasteiger partial charge on any atom is -0.184 e. The molecule has 2 aliphatic carbocycles. The number of allylic oxidation sites excluding steroid dienone is 13. The number of hydrogen-bond donors (Lipinski definition) is 0. The SMILES string of the molecule is C#C/C=C\C=C/C.Cc1c2ccccc2c(-c2ccc3c(c2)C=CC=CC3)c2ccccc12.Cc1ccc2c[c-]ccc2c1.[C-]1=CC=CCC=C1.[Sr+2].c1ccccc1. The summed E-state index contributed by atoms with van der Waals surface area (Å²) >= 11 is 0. The smallest absolute Gasteiger partial charge is 0.184 e. The molecule has 0 atom stereocenters. The zero-order valence-corrected chi connectivity index (χ0v) is 37.5. The summed E-state index contributed by atoms with van der Waals surface area (Å²) in [5.41, 5.74) is 8.01. The maximum Gasteiger partial charge on any atom is 2.00 e. The number of benzene rings is 7. The van der Waals surface area contributed by atoms with E-state index in [1.54, 1.807) is 6.08 Å². The Bertz CT molecular complexity index is 2500. The molecule has 0 nitrogen and oxygen atoms in total. The van der Waals surface area contributed by atoms with E-state index in [9.17, 15) is 0 Å². The molecule has 0 unspecified atom stereocenters. The van der Waals surface area contributed by atoms with E-state index in [0.717, 1.165) is 12.8 Å². The van der Waals surface area contributed by atoms with Gasteiger partial charge in [0.25, 0.3) is 0 Å². The van der Waals surface area contributed by atoms with Crippen LogP contribution in [-0.4, -0.2) is 45.5 Å². The van der Waals surface area contributed by atoms with Crippen LogP contribution in [-0.2, 0) is 6.42 Å². The third kappa shape index (κ3) is 13.9. The summed E-state index contributed by atoms with van der Waals surface area (Å²) < 4.78 is 0.